The van der Waals surface area contributed by atoms with Crippen LogP contribution < -0.4 is 26.8 Å². The number of nitrogens with one attached hydrogen (secondary N) is 5. The van der Waals surface area contributed by atoms with Crippen molar-refractivity contribution in [2.45, 2.75) is 97.8 Å². The number of hydrogen-bond donors (Lipinski definition) is 5. The van der Waals surface area contributed by atoms with Gasteiger partial charge in [-0.3, -0.25) is 28.8 Å². The summed E-state index contributed by atoms with van der Waals surface area (Å²) in [5, 5.41) is 10.6. The first-order valence-electron chi connectivity index (χ1n) is 13.2. The van der Waals surface area contributed by atoms with E-state index in [0.717, 1.165) is 32.1 Å². The molecule has 2 rings (SSSR count). The zero-order valence-electron chi connectivity index (χ0n) is 23.1. The molecular formula is C27H41N5O6. The highest BCUT2D eigenvalue weighted by Gasteiger charge is 2.36. The van der Waals surface area contributed by atoms with Crippen molar-refractivity contribution in [3.05, 3.63) is 34.2 Å². The van der Waals surface area contributed by atoms with Crippen LogP contribution in [0.25, 0.3) is 0 Å². The number of H-pyrrole nitrogens is 1. The van der Waals surface area contributed by atoms with Gasteiger partial charge in [0.15, 0.2) is 0 Å². The van der Waals surface area contributed by atoms with Crippen LogP contribution in [0.2, 0.25) is 0 Å². The fraction of sp³-hybridized carbons (Fsp3) is 0.630. The molecule has 0 aromatic carbocycles. The van der Waals surface area contributed by atoms with Crippen molar-refractivity contribution in [2.24, 2.45) is 11.3 Å². The Morgan fingerprint density at radius 2 is 1.53 bits per heavy atom. The van der Waals surface area contributed by atoms with Gasteiger partial charge in [0, 0.05) is 18.3 Å². The summed E-state index contributed by atoms with van der Waals surface area (Å²) in [6, 6.07) is -0.606. The van der Waals surface area contributed by atoms with Crippen molar-refractivity contribution in [3.8, 4) is 0 Å². The summed E-state index contributed by atoms with van der Waals surface area (Å²) < 4.78 is 0. The van der Waals surface area contributed by atoms with Crippen LogP contribution in [0.15, 0.2) is 23.1 Å². The third kappa shape index (κ3) is 8.81. The number of rotatable bonds is 10. The molecule has 4 amide bonds. The lowest BCUT2D eigenvalue weighted by Crippen LogP contribution is -2.59. The van der Waals surface area contributed by atoms with E-state index < -0.39 is 53.0 Å². The molecule has 210 valence electrons. The summed E-state index contributed by atoms with van der Waals surface area (Å²) in [5.74, 6) is -3.59. The van der Waals surface area contributed by atoms with Crippen LogP contribution in [0.1, 0.15) is 84.0 Å². The quantitative estimate of drug-likeness (QED) is 0.284. The fourth-order valence-corrected chi connectivity index (χ4v) is 4.26. The molecule has 1 aromatic rings. The van der Waals surface area contributed by atoms with Gasteiger partial charge in [-0.25, -0.2) is 0 Å². The second-order valence-corrected chi connectivity index (χ2v) is 11.3. The van der Waals surface area contributed by atoms with Gasteiger partial charge in [0.1, 0.15) is 12.1 Å². The van der Waals surface area contributed by atoms with Gasteiger partial charge in [-0.05, 0) is 37.2 Å². The molecule has 0 bridgehead atoms. The molecular weight excluding hydrogens is 490 g/mol. The molecule has 0 saturated heterocycles. The second-order valence-electron chi connectivity index (χ2n) is 11.3. The highest BCUT2D eigenvalue weighted by atomic mass is 16.2. The summed E-state index contributed by atoms with van der Waals surface area (Å²) >= 11 is 0. The van der Waals surface area contributed by atoms with Crippen molar-refractivity contribution < 1.29 is 24.0 Å². The Labute approximate surface area is 223 Å². The zero-order valence-corrected chi connectivity index (χ0v) is 23.1. The minimum atomic E-state index is -1.05. The van der Waals surface area contributed by atoms with Crippen LogP contribution in [0.4, 0.5) is 0 Å². The number of aromatic amines is 1. The Balaban J connectivity index is 2.03. The number of hydrogen-bond acceptors (Lipinski definition) is 6. The highest BCUT2D eigenvalue weighted by Crippen LogP contribution is 2.20. The van der Waals surface area contributed by atoms with Gasteiger partial charge < -0.3 is 26.3 Å². The number of carbonyl (C=O) groups excluding carboxylic acids is 5. The Morgan fingerprint density at radius 1 is 0.895 bits per heavy atom. The smallest absolute Gasteiger partial charge is 0.289 e. The average Bonchev–Trinajstić information content (AvgIpc) is 2.85. The van der Waals surface area contributed by atoms with E-state index >= 15 is 0 Å². The number of aromatic nitrogens is 1. The van der Waals surface area contributed by atoms with E-state index in [0.29, 0.717) is 0 Å². The number of Topliss-reactive ketones (excluding diaryl/α,β-unsaturated/α-hetero) is 1. The van der Waals surface area contributed by atoms with Crippen LogP contribution in [-0.2, 0) is 19.2 Å². The highest BCUT2D eigenvalue weighted by molar-refractivity contribution is 6.38. The molecule has 1 aliphatic carbocycles. The fourth-order valence-electron chi connectivity index (χ4n) is 4.26. The van der Waals surface area contributed by atoms with Gasteiger partial charge in [0.2, 0.25) is 23.2 Å². The summed E-state index contributed by atoms with van der Waals surface area (Å²) in [7, 11) is 0. The minimum Gasteiger partial charge on any atom is -0.347 e. The maximum atomic E-state index is 13.1. The Morgan fingerprint density at radius 3 is 2.05 bits per heavy atom. The summed E-state index contributed by atoms with van der Waals surface area (Å²) in [4.78, 5) is 77.9. The van der Waals surface area contributed by atoms with Gasteiger partial charge in [-0.1, -0.05) is 53.9 Å². The van der Waals surface area contributed by atoms with E-state index in [4.69, 9.17) is 0 Å². The van der Waals surface area contributed by atoms with Crippen molar-refractivity contribution in [2.75, 3.05) is 0 Å². The summed E-state index contributed by atoms with van der Waals surface area (Å²) in [5.41, 5.74) is -0.912. The van der Waals surface area contributed by atoms with Gasteiger partial charge in [0.25, 0.3) is 11.8 Å². The topological polar surface area (TPSA) is 166 Å². The van der Waals surface area contributed by atoms with E-state index in [-0.39, 0.29) is 23.1 Å². The molecule has 1 saturated carbocycles. The monoisotopic (exact) mass is 531 g/mol. The van der Waals surface area contributed by atoms with Crippen LogP contribution in [0.5, 0.6) is 0 Å². The summed E-state index contributed by atoms with van der Waals surface area (Å²) in [6.07, 6.45) is 6.02. The zero-order chi connectivity index (χ0) is 28.6. The SMILES string of the molecule is CC(NC(=O)C(NC(=O)c1ccc(=O)[nH]c1)C(C)(C)C)C(=O)NC(C(=O)C(=O)NC1CCCCC1)C(C)C. The minimum absolute atomic E-state index is 0.0393. The molecule has 38 heavy (non-hydrogen) atoms. The maximum absolute atomic E-state index is 13.1. The largest absolute Gasteiger partial charge is 0.347 e. The molecule has 1 fully saturated rings. The lowest BCUT2D eigenvalue weighted by atomic mass is 9.85. The first-order chi connectivity index (χ1) is 17.7. The van der Waals surface area contributed by atoms with Gasteiger partial charge in [0.05, 0.1) is 11.6 Å². The molecule has 1 aromatic heterocycles. The summed E-state index contributed by atoms with van der Waals surface area (Å²) in [6.45, 7) is 10.2. The van der Waals surface area contributed by atoms with Crippen LogP contribution in [0.3, 0.4) is 0 Å². The van der Waals surface area contributed by atoms with E-state index in [1.807, 2.05) is 0 Å². The normalized spacial score (nSPS) is 16.6. The molecule has 3 atom stereocenters. The molecule has 11 heteroatoms. The third-order valence-corrected chi connectivity index (χ3v) is 6.61. The molecule has 5 N–H and O–H groups in total. The van der Waals surface area contributed by atoms with Crippen molar-refractivity contribution >= 4 is 29.4 Å². The average molecular weight is 532 g/mol. The number of carbonyl (C=O) groups is 5. The molecule has 11 nitrogen and oxygen atoms in total. The van der Waals surface area contributed by atoms with Crippen molar-refractivity contribution in [3.63, 3.8) is 0 Å². The Kier molecular flexibility index (Phi) is 10.8. The standard InChI is InChI=1S/C27H41N5O6/c1-15(2)20(21(34)25(37)30-18-10-8-7-9-11-18)31-23(35)16(3)29-26(38)22(27(4,5)6)32-24(36)17-12-13-19(33)28-14-17/h12-16,18,20,22H,7-11H2,1-6H3,(H,28,33)(H,29,38)(H,30,37)(H,31,35)(H,32,36). The molecule has 0 spiro atoms. The van der Waals surface area contributed by atoms with Gasteiger partial charge >= 0.3 is 0 Å². The maximum Gasteiger partial charge on any atom is 0.289 e. The van der Waals surface area contributed by atoms with E-state index in [1.165, 1.54) is 25.3 Å². The van der Waals surface area contributed by atoms with Crippen molar-refractivity contribution in [1.82, 2.24) is 26.3 Å². The van der Waals surface area contributed by atoms with Gasteiger partial charge in [-0.2, -0.15) is 0 Å². The number of pyridine rings is 1. The number of ketones is 1. The Hall–Kier alpha value is -3.50. The van der Waals surface area contributed by atoms with E-state index in [9.17, 15) is 28.8 Å². The van der Waals surface area contributed by atoms with Crippen LogP contribution in [-0.4, -0.2) is 58.6 Å². The second kappa shape index (κ2) is 13.3. The molecule has 0 radical (unpaired) electrons. The van der Waals surface area contributed by atoms with Crippen LogP contribution in [0, 0.1) is 11.3 Å². The lowest BCUT2D eigenvalue weighted by molar-refractivity contribution is -0.141. The predicted molar refractivity (Wildman–Crippen MR) is 142 cm³/mol. The van der Waals surface area contributed by atoms with Gasteiger partial charge in [-0.15, -0.1) is 0 Å². The first kappa shape index (κ1) is 30.7. The number of amides is 4. The molecule has 1 aliphatic rings. The Bertz CT molecular complexity index is 1060. The molecule has 1 heterocycles. The predicted octanol–water partition coefficient (Wildman–Crippen LogP) is 1.18. The van der Waals surface area contributed by atoms with Crippen LogP contribution >= 0.6 is 0 Å². The molecule has 0 aliphatic heterocycles. The first-order valence-corrected chi connectivity index (χ1v) is 13.2. The molecule has 3 unspecified atom stereocenters. The lowest BCUT2D eigenvalue weighted by Gasteiger charge is -2.31. The van der Waals surface area contributed by atoms with E-state index in [2.05, 4.69) is 26.3 Å². The van der Waals surface area contributed by atoms with E-state index in [1.54, 1.807) is 34.6 Å². The third-order valence-electron chi connectivity index (χ3n) is 6.61. The van der Waals surface area contributed by atoms with Crippen molar-refractivity contribution in [1.29, 1.82) is 0 Å².